The number of benzene rings is 7. The summed E-state index contributed by atoms with van der Waals surface area (Å²) in [6.07, 6.45) is 5.49. The average Bonchev–Trinajstić information content (AvgIpc) is 4.20. The van der Waals surface area contributed by atoms with Crippen LogP contribution in [0.4, 0.5) is 56.9 Å². The van der Waals surface area contributed by atoms with Crippen molar-refractivity contribution in [2.24, 2.45) is 21.1 Å². The van der Waals surface area contributed by atoms with Crippen molar-refractivity contribution in [1.82, 2.24) is 43.6 Å². The highest BCUT2D eigenvalue weighted by Crippen LogP contribution is 2.56. The second kappa shape index (κ2) is 17.3. The van der Waals surface area contributed by atoms with Crippen LogP contribution in [-0.2, 0) is 21.1 Å². The Morgan fingerprint density at radius 3 is 1.08 bits per heavy atom. The van der Waals surface area contributed by atoms with E-state index in [1.165, 1.54) is 0 Å². The zero-order chi connectivity index (χ0) is 52.3. The molecule has 7 aromatic carbocycles. The first-order valence-electron chi connectivity index (χ1n) is 26.0. The number of nitrogens with zero attached hydrogens (tertiary/aromatic N) is 13. The minimum Gasteiger partial charge on any atom is -0.341 e. The summed E-state index contributed by atoms with van der Waals surface area (Å²) >= 11 is 0. The van der Waals surface area contributed by atoms with Crippen molar-refractivity contribution in [3.05, 3.63) is 207 Å². The first kappa shape index (κ1) is 45.0. The van der Waals surface area contributed by atoms with Gasteiger partial charge in [-0.1, -0.05) is 72.8 Å². The van der Waals surface area contributed by atoms with E-state index in [9.17, 15) is 0 Å². The Kier molecular flexibility index (Phi) is 10.0. The van der Waals surface area contributed by atoms with E-state index in [2.05, 4.69) is 213 Å². The summed E-state index contributed by atoms with van der Waals surface area (Å²) in [7, 11) is 10.5. The molecule has 78 heavy (non-hydrogen) atoms. The quantitative estimate of drug-likeness (QED) is 0.153. The maximum Gasteiger partial charge on any atom is 0.159 e. The van der Waals surface area contributed by atoms with Crippen molar-refractivity contribution < 1.29 is 0 Å². The molecule has 0 N–H and O–H groups in total. The predicted molar refractivity (Wildman–Crippen MR) is 315 cm³/mol. The molecule has 13 aromatic rings. The first-order valence-corrected chi connectivity index (χ1v) is 26.0. The summed E-state index contributed by atoms with van der Waals surface area (Å²) in [6, 6.07) is 66.5. The number of imidazole rings is 3. The fourth-order valence-electron chi connectivity index (χ4n) is 12.0. The molecule has 0 saturated heterocycles. The van der Waals surface area contributed by atoms with Crippen LogP contribution in [0.5, 0.6) is 0 Å². The molecule has 13 nitrogen and oxygen atoms in total. The summed E-state index contributed by atoms with van der Waals surface area (Å²) in [5.74, 6) is 2.19. The molecule has 13 heteroatoms. The third-order valence-electron chi connectivity index (χ3n) is 15.6. The molecular weight excluding hydrogens is 963 g/mol. The number of hydrogen-bond acceptors (Lipinski definition) is 10. The molecule has 2 aliphatic rings. The highest BCUT2D eigenvalue weighted by Gasteiger charge is 2.34. The molecule has 0 unspecified atom stereocenters. The van der Waals surface area contributed by atoms with E-state index in [4.69, 9.17) is 29.9 Å². The normalized spacial score (nSPS) is 12.8. The maximum absolute atomic E-state index is 5.57. The van der Waals surface area contributed by atoms with Crippen LogP contribution >= 0.6 is 0 Å². The van der Waals surface area contributed by atoms with E-state index in [0.29, 0.717) is 0 Å². The number of para-hydroxylation sites is 8. The first-order chi connectivity index (χ1) is 38.3. The molecule has 2 aliphatic heterocycles. The highest BCUT2D eigenvalue weighted by molar-refractivity contribution is 6.09. The van der Waals surface area contributed by atoms with Gasteiger partial charge in [-0.3, -0.25) is 0 Å². The van der Waals surface area contributed by atoms with Gasteiger partial charge in [-0.2, -0.15) is 0 Å². The standard InChI is InChI=1S/C65H49N13/c1-72-49-26-6-10-30-53(49)77(54-31-11-7-27-50(54)72)42-21-14-19-40(37-42)44-39-45(60-69-46-23-16-34-66-61(46)74(60)3)59(65-71-48-25-18-36-68-63(48)76(65)5)57(58(44)64-70-47-24-17-35-67-62(47)75(64)4)41-20-15-22-43(38-41)78-55-32-12-8-28-51(55)73(2)52-29-9-13-33-56(52)78/h6-39H,1-5H3. The molecule has 0 aliphatic carbocycles. The van der Waals surface area contributed by atoms with Gasteiger partial charge < -0.3 is 33.3 Å². The Balaban J connectivity index is 1.10. The number of rotatable bonds is 7. The van der Waals surface area contributed by atoms with Crippen molar-refractivity contribution in [2.75, 3.05) is 33.7 Å². The lowest BCUT2D eigenvalue weighted by molar-refractivity contribution is 0.930. The Labute approximate surface area is 449 Å². The number of aryl methyl sites for hydroxylation is 3. The average molecular weight is 1010 g/mol. The Hall–Kier alpha value is -10.4. The van der Waals surface area contributed by atoms with Crippen molar-refractivity contribution in [3.63, 3.8) is 0 Å². The van der Waals surface area contributed by atoms with Crippen LogP contribution in [0.3, 0.4) is 0 Å². The molecule has 8 heterocycles. The van der Waals surface area contributed by atoms with Crippen LogP contribution in [0.25, 0.3) is 89.9 Å². The second-order valence-corrected chi connectivity index (χ2v) is 20.0. The SMILES string of the molecule is CN1c2ccccc2N(c2cccc(-c3cc(-c4nc5cccnc5n4C)c(-c4nc5cccnc5n4C)c(-c4cccc(N5c6ccccc6N(C)c6ccccc65)c4)c3-c3nc4cccnc4n3C)c2)c2ccccc21. The third kappa shape index (κ3) is 6.67. The van der Waals surface area contributed by atoms with Gasteiger partial charge in [0.15, 0.2) is 16.9 Å². The molecule has 374 valence electrons. The smallest absolute Gasteiger partial charge is 0.159 e. The molecule has 0 atom stereocenters. The molecular formula is C65H49N13. The number of hydrogen-bond donors (Lipinski definition) is 0. The Morgan fingerprint density at radius 2 is 0.654 bits per heavy atom. The van der Waals surface area contributed by atoms with Crippen molar-refractivity contribution in [2.45, 2.75) is 0 Å². The Bertz CT molecular complexity index is 4490. The van der Waals surface area contributed by atoms with Gasteiger partial charge in [-0.05, 0) is 132 Å². The van der Waals surface area contributed by atoms with Crippen molar-refractivity contribution >= 4 is 90.4 Å². The van der Waals surface area contributed by atoms with Gasteiger partial charge >= 0.3 is 0 Å². The van der Waals surface area contributed by atoms with Crippen molar-refractivity contribution in [1.29, 1.82) is 0 Å². The van der Waals surface area contributed by atoms with E-state index in [0.717, 1.165) is 147 Å². The molecule has 6 aromatic heterocycles. The molecule has 15 rings (SSSR count). The lowest BCUT2D eigenvalue weighted by atomic mass is 9.83. The number of pyridine rings is 3. The highest BCUT2D eigenvalue weighted by atomic mass is 15.3. The van der Waals surface area contributed by atoms with Gasteiger partial charge in [-0.15, -0.1) is 0 Å². The molecule has 0 saturated carbocycles. The zero-order valence-electron chi connectivity index (χ0n) is 43.4. The van der Waals surface area contributed by atoms with Crippen LogP contribution in [0, 0.1) is 0 Å². The summed E-state index contributed by atoms with van der Waals surface area (Å²) in [5, 5.41) is 0. The van der Waals surface area contributed by atoms with Crippen LogP contribution in [0.1, 0.15) is 0 Å². The lowest BCUT2D eigenvalue weighted by Crippen LogP contribution is -2.23. The van der Waals surface area contributed by atoms with E-state index < -0.39 is 0 Å². The largest absolute Gasteiger partial charge is 0.341 e. The summed E-state index contributed by atoms with van der Waals surface area (Å²) in [6.45, 7) is 0. The molecule has 0 radical (unpaired) electrons. The summed E-state index contributed by atoms with van der Waals surface area (Å²) in [5.41, 5.74) is 21.8. The fourth-order valence-corrected chi connectivity index (χ4v) is 12.0. The van der Waals surface area contributed by atoms with Gasteiger partial charge in [0.2, 0.25) is 0 Å². The van der Waals surface area contributed by atoms with E-state index in [1.54, 1.807) is 0 Å². The van der Waals surface area contributed by atoms with Gasteiger partial charge in [0.05, 0.1) is 45.5 Å². The predicted octanol–water partition coefficient (Wildman–Crippen LogP) is 15.0. The maximum atomic E-state index is 5.57. The number of aromatic nitrogens is 9. The van der Waals surface area contributed by atoms with Gasteiger partial charge in [0, 0.05) is 87.5 Å². The van der Waals surface area contributed by atoms with Crippen LogP contribution in [0.15, 0.2) is 207 Å². The zero-order valence-corrected chi connectivity index (χ0v) is 43.4. The monoisotopic (exact) mass is 1010 g/mol. The van der Waals surface area contributed by atoms with Gasteiger partial charge in [0.25, 0.3) is 0 Å². The van der Waals surface area contributed by atoms with Gasteiger partial charge in [-0.25, -0.2) is 29.9 Å². The van der Waals surface area contributed by atoms with E-state index in [1.807, 2.05) is 62.0 Å². The fraction of sp³-hybridized carbons (Fsp3) is 0.0769. The van der Waals surface area contributed by atoms with Crippen molar-refractivity contribution in [3.8, 4) is 56.4 Å². The minimum absolute atomic E-state index is 0.721. The molecule has 0 fully saturated rings. The van der Waals surface area contributed by atoms with Crippen LogP contribution in [0.2, 0.25) is 0 Å². The van der Waals surface area contributed by atoms with Crippen LogP contribution in [-0.4, -0.2) is 57.7 Å². The van der Waals surface area contributed by atoms with E-state index in [-0.39, 0.29) is 0 Å². The number of anilines is 10. The topological polar surface area (TPSA) is 105 Å². The minimum atomic E-state index is 0.721. The Morgan fingerprint density at radius 1 is 0.295 bits per heavy atom. The molecule has 0 spiro atoms. The van der Waals surface area contributed by atoms with Crippen LogP contribution < -0.4 is 19.6 Å². The molecule has 0 amide bonds. The second-order valence-electron chi connectivity index (χ2n) is 20.0. The lowest BCUT2D eigenvalue weighted by Gasteiger charge is -2.38. The third-order valence-corrected chi connectivity index (χ3v) is 15.6. The summed E-state index contributed by atoms with van der Waals surface area (Å²) < 4.78 is 6.34. The summed E-state index contributed by atoms with van der Waals surface area (Å²) in [4.78, 5) is 40.6. The van der Waals surface area contributed by atoms with E-state index >= 15 is 0 Å². The van der Waals surface area contributed by atoms with Gasteiger partial charge in [0.1, 0.15) is 34.0 Å². The molecule has 0 bridgehead atoms. The number of fused-ring (bicyclic) bond motifs is 7.